The molecule has 0 saturated heterocycles. The Balaban J connectivity index is 2.10. The van der Waals surface area contributed by atoms with Crippen LogP contribution in [0.2, 0.25) is 0 Å². The largest absolute Gasteiger partial charge is 0.480 e. The molecule has 0 N–H and O–H groups in total. The molecule has 0 aliphatic heterocycles. The minimum absolute atomic E-state index is 0.521. The van der Waals surface area contributed by atoms with Crippen molar-refractivity contribution >= 4 is 0 Å². The van der Waals surface area contributed by atoms with Crippen LogP contribution in [0.1, 0.15) is 11.5 Å². The van der Waals surface area contributed by atoms with Gasteiger partial charge in [-0.05, 0) is 18.2 Å². The fourth-order valence-electron chi connectivity index (χ4n) is 1.14. The summed E-state index contributed by atoms with van der Waals surface area (Å²) < 4.78 is 10.1. The van der Waals surface area contributed by atoms with Crippen LogP contribution in [0.4, 0.5) is 0 Å². The van der Waals surface area contributed by atoms with Gasteiger partial charge < -0.3 is 9.15 Å². The second-order valence-corrected chi connectivity index (χ2v) is 2.82. The predicted octanol–water partition coefficient (Wildman–Crippen LogP) is 1.67. The lowest BCUT2D eigenvalue weighted by atomic mass is 10.2. The monoisotopic (exact) mass is 190 g/mol. The third-order valence-electron chi connectivity index (χ3n) is 1.84. The van der Waals surface area contributed by atoms with Crippen molar-refractivity contribution in [2.24, 2.45) is 0 Å². The number of hydrogen-bond acceptors (Lipinski definition) is 4. The molecule has 2 heterocycles. The van der Waals surface area contributed by atoms with Crippen LogP contribution in [0.25, 0.3) is 0 Å². The number of aromatic nitrogens is 2. The first kappa shape index (κ1) is 8.74. The molecule has 0 aliphatic carbocycles. The lowest BCUT2D eigenvalue weighted by molar-refractivity contribution is 0.391. The first-order chi connectivity index (χ1) is 6.88. The lowest BCUT2D eigenvalue weighted by Crippen LogP contribution is -1.95. The molecule has 0 spiro atoms. The summed E-state index contributed by atoms with van der Waals surface area (Å²) >= 11 is 0. The molecule has 2 aromatic heterocycles. The van der Waals surface area contributed by atoms with E-state index in [0.717, 1.165) is 11.5 Å². The SMILES string of the molecule is COc1ccc(Cc2ccco2)nn1. The number of nitrogens with zero attached hydrogens (tertiary/aromatic N) is 2. The Morgan fingerprint density at radius 3 is 2.79 bits per heavy atom. The van der Waals surface area contributed by atoms with Crippen molar-refractivity contribution in [2.45, 2.75) is 6.42 Å². The third kappa shape index (κ3) is 1.90. The second kappa shape index (κ2) is 3.91. The van der Waals surface area contributed by atoms with E-state index in [1.165, 1.54) is 0 Å². The van der Waals surface area contributed by atoms with E-state index >= 15 is 0 Å². The van der Waals surface area contributed by atoms with Gasteiger partial charge >= 0.3 is 0 Å². The lowest BCUT2D eigenvalue weighted by Gasteiger charge is -1.98. The number of rotatable bonds is 3. The smallest absolute Gasteiger partial charge is 0.233 e. The molecule has 0 unspecified atom stereocenters. The van der Waals surface area contributed by atoms with Gasteiger partial charge in [-0.25, -0.2) is 0 Å². The van der Waals surface area contributed by atoms with Crippen LogP contribution >= 0.6 is 0 Å². The molecule has 0 saturated carbocycles. The Kier molecular flexibility index (Phi) is 2.44. The van der Waals surface area contributed by atoms with Crippen molar-refractivity contribution in [1.29, 1.82) is 0 Å². The number of ether oxygens (including phenoxy) is 1. The summed E-state index contributed by atoms with van der Waals surface area (Å²) in [4.78, 5) is 0. The van der Waals surface area contributed by atoms with Gasteiger partial charge in [0.1, 0.15) is 5.76 Å². The maximum absolute atomic E-state index is 5.19. The Morgan fingerprint density at radius 1 is 1.29 bits per heavy atom. The zero-order valence-corrected chi connectivity index (χ0v) is 7.80. The van der Waals surface area contributed by atoms with Crippen LogP contribution in [-0.2, 0) is 6.42 Å². The van der Waals surface area contributed by atoms with Crippen molar-refractivity contribution in [3.8, 4) is 5.88 Å². The number of hydrogen-bond donors (Lipinski definition) is 0. The Morgan fingerprint density at radius 2 is 2.21 bits per heavy atom. The van der Waals surface area contributed by atoms with Crippen molar-refractivity contribution in [3.05, 3.63) is 42.0 Å². The molecule has 2 rings (SSSR count). The molecule has 0 aromatic carbocycles. The van der Waals surface area contributed by atoms with Crippen LogP contribution in [-0.4, -0.2) is 17.3 Å². The molecule has 72 valence electrons. The van der Waals surface area contributed by atoms with E-state index in [9.17, 15) is 0 Å². The first-order valence-corrected chi connectivity index (χ1v) is 4.27. The van der Waals surface area contributed by atoms with E-state index in [1.54, 1.807) is 19.4 Å². The van der Waals surface area contributed by atoms with E-state index < -0.39 is 0 Å². The summed E-state index contributed by atoms with van der Waals surface area (Å²) in [6.07, 6.45) is 2.30. The van der Waals surface area contributed by atoms with Gasteiger partial charge in [0.05, 0.1) is 19.1 Å². The molecular weight excluding hydrogens is 180 g/mol. The molecule has 4 heteroatoms. The average Bonchev–Trinajstić information content (AvgIpc) is 2.72. The number of methoxy groups -OCH3 is 1. The van der Waals surface area contributed by atoms with Crippen molar-refractivity contribution < 1.29 is 9.15 Å². The second-order valence-electron chi connectivity index (χ2n) is 2.82. The maximum atomic E-state index is 5.19. The summed E-state index contributed by atoms with van der Waals surface area (Å²) in [6.45, 7) is 0. The van der Waals surface area contributed by atoms with Gasteiger partial charge in [0.25, 0.3) is 0 Å². The molecule has 4 nitrogen and oxygen atoms in total. The highest BCUT2D eigenvalue weighted by atomic mass is 16.5. The van der Waals surface area contributed by atoms with Gasteiger partial charge in [-0.2, -0.15) is 5.10 Å². The van der Waals surface area contributed by atoms with Gasteiger partial charge in [0, 0.05) is 12.5 Å². The highest BCUT2D eigenvalue weighted by molar-refractivity contribution is 5.15. The van der Waals surface area contributed by atoms with Gasteiger partial charge in [0.2, 0.25) is 5.88 Å². The summed E-state index contributed by atoms with van der Waals surface area (Å²) in [5.41, 5.74) is 0.862. The van der Waals surface area contributed by atoms with Gasteiger partial charge in [0.15, 0.2) is 0 Å². The zero-order valence-electron chi connectivity index (χ0n) is 7.80. The highest BCUT2D eigenvalue weighted by Gasteiger charge is 2.01. The summed E-state index contributed by atoms with van der Waals surface area (Å²) in [6, 6.07) is 7.41. The summed E-state index contributed by atoms with van der Waals surface area (Å²) in [5.74, 6) is 1.40. The molecule has 0 radical (unpaired) electrons. The van der Waals surface area contributed by atoms with Gasteiger partial charge in [-0.3, -0.25) is 0 Å². The van der Waals surface area contributed by atoms with Crippen molar-refractivity contribution in [2.75, 3.05) is 7.11 Å². The van der Waals surface area contributed by atoms with Crippen molar-refractivity contribution in [1.82, 2.24) is 10.2 Å². The summed E-state index contributed by atoms with van der Waals surface area (Å²) in [5, 5.41) is 7.85. The standard InChI is InChI=1S/C10H10N2O2/c1-13-10-5-4-8(11-12-10)7-9-3-2-6-14-9/h2-6H,7H2,1H3. The van der Waals surface area contributed by atoms with E-state index in [2.05, 4.69) is 10.2 Å². The predicted molar refractivity (Wildman–Crippen MR) is 50.1 cm³/mol. The molecule has 14 heavy (non-hydrogen) atoms. The topological polar surface area (TPSA) is 48.2 Å². The normalized spacial score (nSPS) is 10.1. The molecule has 2 aromatic rings. The van der Waals surface area contributed by atoms with Crippen LogP contribution in [0.3, 0.4) is 0 Å². The molecule has 0 amide bonds. The maximum Gasteiger partial charge on any atom is 0.233 e. The first-order valence-electron chi connectivity index (χ1n) is 4.27. The summed E-state index contributed by atoms with van der Waals surface area (Å²) in [7, 11) is 1.57. The van der Waals surface area contributed by atoms with E-state index in [1.807, 2.05) is 18.2 Å². The Hall–Kier alpha value is -1.84. The van der Waals surface area contributed by atoms with Crippen molar-refractivity contribution in [3.63, 3.8) is 0 Å². The van der Waals surface area contributed by atoms with Gasteiger partial charge in [-0.15, -0.1) is 5.10 Å². The van der Waals surface area contributed by atoms with Crippen LogP contribution in [0.15, 0.2) is 34.9 Å². The molecule has 0 atom stereocenters. The van der Waals surface area contributed by atoms with Crippen LogP contribution in [0.5, 0.6) is 5.88 Å². The molecule has 0 bridgehead atoms. The highest BCUT2D eigenvalue weighted by Crippen LogP contribution is 2.09. The fraction of sp³-hybridized carbons (Fsp3) is 0.200. The fourth-order valence-corrected chi connectivity index (χ4v) is 1.14. The van der Waals surface area contributed by atoms with E-state index in [0.29, 0.717) is 12.3 Å². The van der Waals surface area contributed by atoms with Crippen LogP contribution in [0, 0.1) is 0 Å². The van der Waals surface area contributed by atoms with E-state index in [-0.39, 0.29) is 0 Å². The Labute approximate surface area is 81.5 Å². The minimum Gasteiger partial charge on any atom is -0.480 e. The molecule has 0 fully saturated rings. The average molecular weight is 190 g/mol. The van der Waals surface area contributed by atoms with Crippen LogP contribution < -0.4 is 4.74 Å². The third-order valence-corrected chi connectivity index (χ3v) is 1.84. The molecular formula is C10H10N2O2. The van der Waals surface area contributed by atoms with E-state index in [4.69, 9.17) is 9.15 Å². The molecule has 0 aliphatic rings. The van der Waals surface area contributed by atoms with Gasteiger partial charge in [-0.1, -0.05) is 0 Å². The quantitative estimate of drug-likeness (QED) is 0.738. The zero-order chi connectivity index (χ0) is 9.80. The number of furan rings is 1. The Bertz CT molecular complexity index is 381. The minimum atomic E-state index is 0.521.